The van der Waals surface area contributed by atoms with E-state index in [1.807, 2.05) is 0 Å². The van der Waals surface area contributed by atoms with Crippen molar-refractivity contribution in [2.75, 3.05) is 19.5 Å². The van der Waals surface area contributed by atoms with Crippen LogP contribution in [0.3, 0.4) is 0 Å². The zero-order valence-electron chi connectivity index (χ0n) is 19.7. The summed E-state index contributed by atoms with van der Waals surface area (Å²) in [4.78, 5) is 27.8. The van der Waals surface area contributed by atoms with Gasteiger partial charge in [-0.1, -0.05) is 0 Å². The van der Waals surface area contributed by atoms with E-state index in [-0.39, 0.29) is 11.4 Å². The van der Waals surface area contributed by atoms with E-state index in [0.717, 1.165) is 50.7 Å². The highest BCUT2D eigenvalue weighted by Crippen LogP contribution is 2.45. The number of benzene rings is 2. The Balaban J connectivity index is 2.12. The van der Waals surface area contributed by atoms with Gasteiger partial charge < -0.3 is 30.0 Å². The van der Waals surface area contributed by atoms with Gasteiger partial charge in [0.2, 0.25) is 0 Å². The van der Waals surface area contributed by atoms with Gasteiger partial charge in [0, 0.05) is 12.1 Å². The molecule has 0 spiro atoms. The molecule has 0 unspecified atom stereocenters. The van der Waals surface area contributed by atoms with E-state index >= 15 is 4.39 Å². The lowest BCUT2D eigenvalue weighted by atomic mass is 10.0. The second-order valence-electron chi connectivity index (χ2n) is 7.35. The van der Waals surface area contributed by atoms with E-state index < -0.39 is 70.0 Å². The minimum absolute atomic E-state index is 0.161. The Kier molecular flexibility index (Phi) is 8.07. The number of amides is 2. The van der Waals surface area contributed by atoms with Crippen LogP contribution >= 0.6 is 0 Å². The molecular formula is C23H16F7N3O6. The second-order valence-corrected chi connectivity index (χ2v) is 7.35. The third-order valence-electron chi connectivity index (χ3n) is 4.79. The predicted octanol–water partition coefficient (Wildman–Crippen LogP) is 5.30. The number of anilines is 1. The molecule has 3 aromatic rings. The van der Waals surface area contributed by atoms with Crippen molar-refractivity contribution in [3.8, 4) is 28.7 Å². The van der Waals surface area contributed by atoms with E-state index in [1.165, 1.54) is 0 Å². The first kappa shape index (κ1) is 28.8. The molecule has 0 aliphatic heterocycles. The smallest absolute Gasteiger partial charge is 0.496 e. The number of methoxy groups -OCH3 is 2. The van der Waals surface area contributed by atoms with E-state index in [9.17, 15) is 35.9 Å². The van der Waals surface area contributed by atoms with Crippen molar-refractivity contribution in [3.05, 3.63) is 65.2 Å². The summed E-state index contributed by atoms with van der Waals surface area (Å²) in [6.45, 7) is 0. The third-order valence-corrected chi connectivity index (χ3v) is 4.79. The number of rotatable bonds is 8. The fourth-order valence-electron chi connectivity index (χ4n) is 3.18. The molecule has 0 bridgehead atoms. The number of hydrogen-bond donors (Lipinski definition) is 2. The average molecular weight is 563 g/mol. The summed E-state index contributed by atoms with van der Waals surface area (Å²) >= 11 is 0. The number of nitrogens with one attached hydrogen (secondary N) is 1. The number of nitrogens with zero attached hydrogens (tertiary/aromatic N) is 1. The van der Waals surface area contributed by atoms with Crippen molar-refractivity contribution < 1.29 is 59.3 Å². The van der Waals surface area contributed by atoms with Gasteiger partial charge in [-0.15, -0.1) is 13.2 Å². The molecule has 3 rings (SSSR count). The molecule has 0 radical (unpaired) electrons. The van der Waals surface area contributed by atoms with Crippen LogP contribution in [0.25, 0.3) is 0 Å². The fraction of sp³-hybridized carbons (Fsp3) is 0.174. The molecule has 39 heavy (non-hydrogen) atoms. The highest BCUT2D eigenvalue weighted by atomic mass is 19.4. The first-order valence-electron chi connectivity index (χ1n) is 10.3. The topological polar surface area (TPSA) is 122 Å². The number of pyridine rings is 1. The van der Waals surface area contributed by atoms with Gasteiger partial charge in [-0.2, -0.15) is 13.2 Å². The molecule has 1 heterocycles. The molecule has 3 N–H and O–H groups in total. The number of aromatic nitrogens is 1. The molecule has 16 heteroatoms. The molecule has 208 valence electrons. The number of primary amides is 1. The van der Waals surface area contributed by atoms with Gasteiger partial charge >= 0.3 is 12.5 Å². The lowest BCUT2D eigenvalue weighted by Gasteiger charge is -2.20. The molecule has 0 aliphatic carbocycles. The van der Waals surface area contributed by atoms with Gasteiger partial charge in [-0.05, 0) is 24.3 Å². The van der Waals surface area contributed by atoms with Crippen molar-refractivity contribution in [1.29, 1.82) is 0 Å². The summed E-state index contributed by atoms with van der Waals surface area (Å²) in [5, 5.41) is 2.11. The zero-order chi connectivity index (χ0) is 29.1. The maximum Gasteiger partial charge on any atom is 0.573 e. The van der Waals surface area contributed by atoms with Crippen LogP contribution in [0.2, 0.25) is 0 Å². The molecule has 0 atom stereocenters. The van der Waals surface area contributed by atoms with Gasteiger partial charge in [0.1, 0.15) is 34.1 Å². The molecular weight excluding hydrogens is 547 g/mol. The van der Waals surface area contributed by atoms with Gasteiger partial charge in [0.05, 0.1) is 26.1 Å². The highest BCUT2D eigenvalue weighted by Gasteiger charge is 2.41. The van der Waals surface area contributed by atoms with Crippen LogP contribution in [0, 0.1) is 5.82 Å². The number of alkyl halides is 6. The molecule has 9 nitrogen and oxygen atoms in total. The van der Waals surface area contributed by atoms with Gasteiger partial charge in [0.25, 0.3) is 11.8 Å². The SMILES string of the molecule is COc1cc(OC(F)(F)F)ccc1Oc1cc(OC)c(C(F)(F)F)c(F)c1C(=O)Nc1ccc(C(N)=O)nc1. The summed E-state index contributed by atoms with van der Waals surface area (Å²) in [6, 6.07) is 5.20. The van der Waals surface area contributed by atoms with E-state index in [1.54, 1.807) is 0 Å². The number of nitrogens with two attached hydrogens (primary N) is 1. The lowest BCUT2D eigenvalue weighted by molar-refractivity contribution is -0.274. The Bertz CT molecular complexity index is 1390. The molecule has 2 amide bonds. The summed E-state index contributed by atoms with van der Waals surface area (Å²) in [5.74, 6) is -7.86. The number of hydrogen-bond acceptors (Lipinski definition) is 7. The van der Waals surface area contributed by atoms with Crippen LogP contribution in [0.15, 0.2) is 42.6 Å². The minimum Gasteiger partial charge on any atom is -0.496 e. The van der Waals surface area contributed by atoms with E-state index in [4.69, 9.17) is 15.2 Å². The van der Waals surface area contributed by atoms with Gasteiger partial charge in [-0.3, -0.25) is 9.59 Å². The largest absolute Gasteiger partial charge is 0.573 e. The average Bonchev–Trinajstić information content (AvgIpc) is 2.83. The Morgan fingerprint density at radius 1 is 0.897 bits per heavy atom. The van der Waals surface area contributed by atoms with Crippen molar-refractivity contribution >= 4 is 17.5 Å². The normalized spacial score (nSPS) is 11.5. The first-order chi connectivity index (χ1) is 18.1. The third kappa shape index (κ3) is 6.77. The summed E-state index contributed by atoms with van der Waals surface area (Å²) in [6.07, 6.45) is -9.43. The highest BCUT2D eigenvalue weighted by molar-refractivity contribution is 6.07. The quantitative estimate of drug-likeness (QED) is 0.357. The Labute approximate surface area is 214 Å². The van der Waals surface area contributed by atoms with Crippen LogP contribution in [-0.4, -0.2) is 37.4 Å². The van der Waals surface area contributed by atoms with Crippen molar-refractivity contribution in [3.63, 3.8) is 0 Å². The lowest BCUT2D eigenvalue weighted by Crippen LogP contribution is -2.20. The number of carbonyl (C=O) groups is 2. The van der Waals surface area contributed by atoms with Crippen LogP contribution in [0.4, 0.5) is 36.4 Å². The first-order valence-corrected chi connectivity index (χ1v) is 10.3. The zero-order valence-corrected chi connectivity index (χ0v) is 19.7. The molecule has 2 aromatic carbocycles. The maximum absolute atomic E-state index is 15.3. The summed E-state index contributed by atoms with van der Waals surface area (Å²) < 4.78 is 113. The Hall–Kier alpha value is -4.76. The Morgan fingerprint density at radius 3 is 2.08 bits per heavy atom. The molecule has 0 saturated heterocycles. The van der Waals surface area contributed by atoms with Crippen molar-refractivity contribution in [1.82, 2.24) is 4.98 Å². The Morgan fingerprint density at radius 2 is 1.56 bits per heavy atom. The fourth-order valence-corrected chi connectivity index (χ4v) is 3.18. The molecule has 0 saturated carbocycles. The van der Waals surface area contributed by atoms with E-state index in [2.05, 4.69) is 19.8 Å². The van der Waals surface area contributed by atoms with Crippen LogP contribution < -0.4 is 30.0 Å². The van der Waals surface area contributed by atoms with Crippen LogP contribution in [0.1, 0.15) is 26.4 Å². The van der Waals surface area contributed by atoms with Crippen LogP contribution in [0.5, 0.6) is 28.7 Å². The molecule has 0 aliphatic rings. The van der Waals surface area contributed by atoms with Gasteiger partial charge in [0.15, 0.2) is 17.3 Å². The standard InChI is InChI=1S/C23H16F7N3O6/c1-36-14-7-11(39-23(28,29)30)4-6-13(14)38-15-8-16(37-2)18(22(25,26)27)19(24)17(15)21(35)33-10-3-5-12(20(31)34)32-9-10/h3-9H,1-2H3,(H2,31,34)(H,33,35). The van der Waals surface area contributed by atoms with E-state index in [0.29, 0.717) is 6.07 Å². The van der Waals surface area contributed by atoms with Crippen molar-refractivity contribution in [2.24, 2.45) is 5.73 Å². The molecule has 0 fully saturated rings. The maximum atomic E-state index is 15.3. The second kappa shape index (κ2) is 10.9. The monoisotopic (exact) mass is 563 g/mol. The number of halogens is 7. The number of ether oxygens (including phenoxy) is 4. The number of carbonyl (C=O) groups excluding carboxylic acids is 2. The summed E-state index contributed by atoms with van der Waals surface area (Å²) in [5.41, 5.74) is 1.54. The molecule has 1 aromatic heterocycles. The minimum atomic E-state index is -5.32. The van der Waals surface area contributed by atoms with Crippen LogP contribution in [-0.2, 0) is 6.18 Å². The van der Waals surface area contributed by atoms with Crippen molar-refractivity contribution in [2.45, 2.75) is 12.5 Å². The predicted molar refractivity (Wildman–Crippen MR) is 118 cm³/mol. The van der Waals surface area contributed by atoms with Gasteiger partial charge in [-0.25, -0.2) is 9.37 Å². The summed E-state index contributed by atoms with van der Waals surface area (Å²) in [7, 11) is 1.84.